The van der Waals surface area contributed by atoms with E-state index in [4.69, 9.17) is 0 Å². The van der Waals surface area contributed by atoms with Gasteiger partial charge in [0.2, 0.25) is 0 Å². The zero-order chi connectivity index (χ0) is 44.3. The normalized spacial score (nSPS) is 13.3. The van der Waals surface area contributed by atoms with E-state index in [2.05, 4.69) is 249 Å². The minimum absolute atomic E-state index is 0.835. The molecule has 1 aliphatic heterocycles. The van der Waals surface area contributed by atoms with Gasteiger partial charge in [-0.1, -0.05) is 224 Å². The third-order valence-corrected chi connectivity index (χ3v) is 22.8. The third kappa shape index (κ3) is 5.46. The number of hydrogen-bond acceptors (Lipinski definition) is 1. The van der Waals surface area contributed by atoms with Crippen molar-refractivity contribution in [3.63, 3.8) is 0 Å². The van der Waals surface area contributed by atoms with Gasteiger partial charge in [-0.3, -0.25) is 0 Å². The molecular weight excluding hydrogens is 844 g/mol. The highest BCUT2D eigenvalue weighted by Gasteiger charge is 2.50. The molecule has 0 radical (unpaired) electrons. The zero-order valence-corrected chi connectivity index (χ0v) is 38.4. The smallest absolute Gasteiger partial charge is 0.180 e. The van der Waals surface area contributed by atoms with E-state index in [9.17, 15) is 0 Å². The Hall–Kier alpha value is -7.87. The summed E-state index contributed by atoms with van der Waals surface area (Å²) < 4.78 is 17.4. The Morgan fingerprint density at radius 2 is 0.612 bits per heavy atom. The van der Waals surface area contributed by atoms with Crippen molar-refractivity contribution in [1.29, 1.82) is 0 Å². The lowest BCUT2D eigenvalue weighted by Crippen LogP contribution is -2.73. The fourth-order valence-corrected chi connectivity index (χ4v) is 19.9. The van der Waals surface area contributed by atoms with Gasteiger partial charge >= 0.3 is 0 Å². The number of fused-ring (bicyclic) bond motifs is 15. The Morgan fingerprint density at radius 1 is 0.254 bits per heavy atom. The molecular formula is C64H41OPSi. The minimum Gasteiger partial charge on any atom is -0.309 e. The Kier molecular flexibility index (Phi) is 8.35. The average Bonchev–Trinajstić information content (AvgIpc) is 3.69. The van der Waals surface area contributed by atoms with Gasteiger partial charge in [0.25, 0.3) is 0 Å². The van der Waals surface area contributed by atoms with Gasteiger partial charge in [0.1, 0.15) is 0 Å². The molecule has 0 saturated heterocycles. The lowest BCUT2D eigenvalue weighted by atomic mass is 9.92. The first-order valence-electron chi connectivity index (χ1n) is 23.2. The van der Waals surface area contributed by atoms with Crippen LogP contribution >= 0.6 is 7.14 Å². The van der Waals surface area contributed by atoms with Crippen LogP contribution in [-0.2, 0) is 4.57 Å². The molecule has 3 heteroatoms. The van der Waals surface area contributed by atoms with E-state index in [0.717, 1.165) is 48.2 Å². The molecule has 67 heavy (non-hydrogen) atoms. The molecule has 312 valence electrons. The predicted molar refractivity (Wildman–Crippen MR) is 291 cm³/mol. The molecule has 0 fully saturated rings. The molecule has 0 aliphatic carbocycles. The maximum atomic E-state index is 17.4. The molecule has 13 aromatic rings. The van der Waals surface area contributed by atoms with Gasteiger partial charge in [0.05, 0.1) is 0 Å². The Labute approximate surface area is 389 Å². The minimum atomic E-state index is -3.59. The maximum absolute atomic E-state index is 17.4. The summed E-state index contributed by atoms with van der Waals surface area (Å²) in [5, 5.41) is 24.5. The van der Waals surface area contributed by atoms with Crippen LogP contribution in [-0.4, -0.2) is 8.07 Å². The maximum Gasteiger partial charge on any atom is 0.180 e. The second kappa shape index (κ2) is 14.6. The van der Waals surface area contributed by atoms with E-state index < -0.39 is 15.2 Å². The second-order valence-electron chi connectivity index (χ2n) is 18.2. The topological polar surface area (TPSA) is 17.1 Å². The molecule has 0 aromatic heterocycles. The van der Waals surface area contributed by atoms with Gasteiger partial charge in [-0.05, 0) is 132 Å². The van der Waals surface area contributed by atoms with E-state index in [1.165, 1.54) is 75.0 Å². The summed E-state index contributed by atoms with van der Waals surface area (Å²) in [7, 11) is -6.68. The van der Waals surface area contributed by atoms with Gasteiger partial charge in [-0.15, -0.1) is 0 Å². The highest BCUT2D eigenvalue weighted by molar-refractivity contribution is 7.85. The summed E-state index contributed by atoms with van der Waals surface area (Å²) in [4.78, 5) is 0. The van der Waals surface area contributed by atoms with Crippen molar-refractivity contribution in [2.24, 2.45) is 0 Å². The molecule has 0 amide bonds. The Bertz CT molecular complexity index is 4090. The molecule has 0 atom stereocenters. The van der Waals surface area contributed by atoms with Crippen LogP contribution in [0.1, 0.15) is 0 Å². The van der Waals surface area contributed by atoms with E-state index in [1.54, 1.807) is 0 Å². The molecule has 1 heterocycles. The summed E-state index contributed by atoms with van der Waals surface area (Å²) in [5.74, 6) is 0. The summed E-state index contributed by atoms with van der Waals surface area (Å²) in [6.07, 6.45) is 0. The van der Waals surface area contributed by atoms with Gasteiger partial charge in [0, 0.05) is 15.9 Å². The molecule has 0 bridgehead atoms. The molecule has 0 unspecified atom stereocenters. The van der Waals surface area contributed by atoms with Crippen molar-refractivity contribution >= 4 is 127 Å². The molecule has 14 rings (SSSR count). The van der Waals surface area contributed by atoms with E-state index in [0.29, 0.717) is 0 Å². The predicted octanol–water partition coefficient (Wildman–Crippen LogP) is 12.8. The summed E-state index contributed by atoms with van der Waals surface area (Å²) in [6, 6.07) is 91.1. The van der Waals surface area contributed by atoms with E-state index in [1.807, 2.05) is 0 Å². The van der Waals surface area contributed by atoms with Crippen molar-refractivity contribution in [3.8, 4) is 11.1 Å². The molecule has 0 N–H and O–H groups in total. The summed E-state index contributed by atoms with van der Waals surface area (Å²) >= 11 is 0. The van der Waals surface area contributed by atoms with Crippen molar-refractivity contribution in [3.05, 3.63) is 249 Å². The molecule has 1 aliphatic rings. The van der Waals surface area contributed by atoms with Crippen molar-refractivity contribution in [1.82, 2.24) is 0 Å². The first kappa shape index (κ1) is 38.4. The van der Waals surface area contributed by atoms with Crippen molar-refractivity contribution in [2.45, 2.75) is 0 Å². The zero-order valence-electron chi connectivity index (χ0n) is 36.5. The van der Waals surface area contributed by atoms with Gasteiger partial charge in [0.15, 0.2) is 15.2 Å². The molecule has 0 spiro atoms. The Morgan fingerprint density at radius 3 is 1.12 bits per heavy atom. The monoisotopic (exact) mass is 884 g/mol. The van der Waals surface area contributed by atoms with E-state index >= 15 is 4.57 Å². The second-order valence-corrected chi connectivity index (χ2v) is 24.7. The van der Waals surface area contributed by atoms with E-state index in [-0.39, 0.29) is 0 Å². The van der Waals surface area contributed by atoms with Gasteiger partial charge in [-0.25, -0.2) is 0 Å². The first-order chi connectivity index (χ1) is 33.1. The molecule has 13 aromatic carbocycles. The lowest BCUT2D eigenvalue weighted by molar-refractivity contribution is 0.592. The number of hydrogen-bond donors (Lipinski definition) is 0. The van der Waals surface area contributed by atoms with Crippen molar-refractivity contribution < 1.29 is 4.57 Å². The average molecular weight is 885 g/mol. The quantitative estimate of drug-likeness (QED) is 0.0956. The van der Waals surface area contributed by atoms with Crippen LogP contribution in [0.3, 0.4) is 0 Å². The fraction of sp³-hybridized carbons (Fsp3) is 0. The lowest BCUT2D eigenvalue weighted by Gasteiger charge is -2.32. The van der Waals surface area contributed by atoms with Crippen molar-refractivity contribution in [2.75, 3.05) is 0 Å². The molecule has 0 saturated carbocycles. The Balaban J connectivity index is 1.11. The summed E-state index contributed by atoms with van der Waals surface area (Å²) in [6.45, 7) is 0. The summed E-state index contributed by atoms with van der Waals surface area (Å²) in [5.41, 5.74) is 2.48. The number of rotatable bonds is 5. The van der Waals surface area contributed by atoms with Crippen LogP contribution < -0.4 is 36.7 Å². The van der Waals surface area contributed by atoms with Crippen LogP contribution in [0, 0.1) is 0 Å². The SMILES string of the molecule is O=P(c1ccc2c(c1)[Si](c1ccccc1)(c1ccccc1)c1cc3c4ccccc4c4ccccc4c3cc1-2)(c1ccc2ccc3ccccc3c2c1)c1ccc2ccc3ccccc3c2c1. The van der Waals surface area contributed by atoms with Crippen LogP contribution in [0.4, 0.5) is 0 Å². The number of benzene rings is 13. The van der Waals surface area contributed by atoms with Crippen LogP contribution in [0.5, 0.6) is 0 Å². The highest BCUT2D eigenvalue weighted by atomic mass is 31.2. The standard InChI is InChI=1S/C64H41OPSi/c65-66(46-33-31-44-29-27-42-15-7-9-21-51(42)58(44)37-46,47-34-32-45-30-28-43-16-8-10-22-52(43)59(45)38-47)48-35-36-57-62-40-60-55-25-13-11-23-53(55)54-24-12-14-26-56(54)61(60)41-64(62)67(63(57)39-48,49-17-3-1-4-18-49)50-19-5-2-6-20-50/h1-41H. The van der Waals surface area contributed by atoms with Gasteiger partial charge < -0.3 is 4.57 Å². The van der Waals surface area contributed by atoms with Crippen LogP contribution in [0.2, 0.25) is 0 Å². The fourth-order valence-electron chi connectivity index (χ4n) is 11.9. The molecule has 1 nitrogen and oxygen atoms in total. The van der Waals surface area contributed by atoms with Gasteiger partial charge in [-0.2, -0.15) is 0 Å². The first-order valence-corrected chi connectivity index (χ1v) is 26.9. The highest BCUT2D eigenvalue weighted by Crippen LogP contribution is 2.46. The largest absolute Gasteiger partial charge is 0.309 e. The third-order valence-electron chi connectivity index (χ3n) is 14.9. The van der Waals surface area contributed by atoms with Crippen LogP contribution in [0.15, 0.2) is 249 Å². The van der Waals surface area contributed by atoms with Crippen LogP contribution in [0.25, 0.3) is 86.5 Å².